The van der Waals surface area contributed by atoms with Crippen LogP contribution in [-0.4, -0.2) is 16.0 Å². The lowest BCUT2D eigenvalue weighted by Gasteiger charge is -2.25. The van der Waals surface area contributed by atoms with Crippen molar-refractivity contribution in [3.63, 3.8) is 0 Å². The van der Waals surface area contributed by atoms with Gasteiger partial charge in [0.15, 0.2) is 11.5 Å². The Hall–Kier alpha value is -3.67. The maximum Gasteiger partial charge on any atom is 0.273 e. The molecule has 0 fully saturated rings. The molecule has 0 saturated heterocycles. The molecule has 6 nitrogen and oxygen atoms in total. The second-order valence-electron chi connectivity index (χ2n) is 7.44. The summed E-state index contributed by atoms with van der Waals surface area (Å²) in [4.78, 5) is 17.0. The molecule has 1 aliphatic carbocycles. The van der Waals surface area contributed by atoms with Crippen molar-refractivity contribution >= 4 is 16.8 Å². The average Bonchev–Trinajstić information content (AvgIpc) is 3.27. The molecule has 1 atom stereocenters. The van der Waals surface area contributed by atoms with Gasteiger partial charge in [-0.05, 0) is 54.7 Å². The van der Waals surface area contributed by atoms with E-state index in [-0.39, 0.29) is 24.2 Å². The predicted molar refractivity (Wildman–Crippen MR) is 112 cm³/mol. The molecule has 1 aliphatic rings. The van der Waals surface area contributed by atoms with Crippen LogP contribution in [-0.2, 0) is 13.0 Å². The fourth-order valence-corrected chi connectivity index (χ4v) is 3.92. The lowest BCUT2D eigenvalue weighted by molar-refractivity contribution is 0.0923. The molecule has 1 N–H and O–H groups in total. The number of hydrogen-bond acceptors (Lipinski definition) is 5. The molecule has 0 bridgehead atoms. The van der Waals surface area contributed by atoms with Crippen LogP contribution in [0.25, 0.3) is 10.9 Å². The minimum Gasteiger partial charge on any atom is -0.486 e. The number of rotatable bonds is 5. The minimum absolute atomic E-state index is 0.00468. The summed E-state index contributed by atoms with van der Waals surface area (Å²) in [5.41, 5.74) is 3.66. The summed E-state index contributed by atoms with van der Waals surface area (Å²) >= 11 is 0. The summed E-state index contributed by atoms with van der Waals surface area (Å²) in [6, 6.07) is 19.5. The number of benzene rings is 2. The van der Waals surface area contributed by atoms with Crippen molar-refractivity contribution in [3.8, 4) is 5.75 Å². The second kappa shape index (κ2) is 7.99. The SMILES string of the molecule is O=C(NC1CCCc2ccccc21)c1cc(COc2ccc3ncccc3c2)on1. The lowest BCUT2D eigenvalue weighted by Crippen LogP contribution is -2.31. The van der Waals surface area contributed by atoms with E-state index in [9.17, 15) is 4.79 Å². The van der Waals surface area contributed by atoms with Gasteiger partial charge in [-0.15, -0.1) is 0 Å². The Bertz CT molecular complexity index is 1200. The van der Waals surface area contributed by atoms with Gasteiger partial charge in [-0.3, -0.25) is 9.78 Å². The number of amides is 1. The smallest absolute Gasteiger partial charge is 0.273 e. The van der Waals surface area contributed by atoms with Crippen molar-refractivity contribution in [2.45, 2.75) is 31.9 Å². The van der Waals surface area contributed by atoms with Gasteiger partial charge < -0.3 is 14.6 Å². The lowest BCUT2D eigenvalue weighted by atomic mass is 9.88. The van der Waals surface area contributed by atoms with E-state index in [1.165, 1.54) is 11.1 Å². The van der Waals surface area contributed by atoms with E-state index in [0.29, 0.717) is 11.5 Å². The molecular formula is C24H21N3O3. The second-order valence-corrected chi connectivity index (χ2v) is 7.44. The van der Waals surface area contributed by atoms with Crippen LogP contribution in [0.4, 0.5) is 0 Å². The molecule has 2 heterocycles. The third-order valence-corrected chi connectivity index (χ3v) is 5.42. The topological polar surface area (TPSA) is 77.2 Å². The van der Waals surface area contributed by atoms with Crippen molar-refractivity contribution in [2.75, 3.05) is 0 Å². The summed E-state index contributed by atoms with van der Waals surface area (Å²) in [6.07, 6.45) is 4.79. The Kier molecular flexibility index (Phi) is 4.89. The van der Waals surface area contributed by atoms with Gasteiger partial charge in [0.1, 0.15) is 12.4 Å². The number of carbonyl (C=O) groups is 1. The molecule has 0 radical (unpaired) electrons. The molecule has 6 heteroatoms. The Morgan fingerprint density at radius 3 is 3.03 bits per heavy atom. The van der Waals surface area contributed by atoms with Crippen molar-refractivity contribution in [3.05, 3.63) is 89.4 Å². The molecule has 1 unspecified atom stereocenters. The number of aromatic nitrogens is 2. The zero-order chi connectivity index (χ0) is 20.3. The predicted octanol–water partition coefficient (Wildman–Crippen LogP) is 4.61. The van der Waals surface area contributed by atoms with Crippen LogP contribution < -0.4 is 10.1 Å². The first-order valence-corrected chi connectivity index (χ1v) is 10.1. The Labute approximate surface area is 173 Å². The fourth-order valence-electron chi connectivity index (χ4n) is 3.92. The molecule has 2 aromatic carbocycles. The summed E-state index contributed by atoms with van der Waals surface area (Å²) in [6.45, 7) is 0.193. The van der Waals surface area contributed by atoms with Crippen molar-refractivity contribution in [2.24, 2.45) is 0 Å². The van der Waals surface area contributed by atoms with E-state index in [1.54, 1.807) is 12.3 Å². The van der Waals surface area contributed by atoms with Crippen molar-refractivity contribution < 1.29 is 14.1 Å². The number of hydrogen-bond donors (Lipinski definition) is 1. The van der Waals surface area contributed by atoms with Crippen LogP contribution in [0.5, 0.6) is 5.75 Å². The quantitative estimate of drug-likeness (QED) is 0.530. The van der Waals surface area contributed by atoms with Gasteiger partial charge in [-0.2, -0.15) is 0 Å². The van der Waals surface area contributed by atoms with Crippen LogP contribution in [0.1, 0.15) is 46.3 Å². The van der Waals surface area contributed by atoms with Crippen LogP contribution in [0.15, 0.2) is 71.4 Å². The van der Waals surface area contributed by atoms with Gasteiger partial charge in [-0.25, -0.2) is 0 Å². The third kappa shape index (κ3) is 3.76. The van der Waals surface area contributed by atoms with Crippen LogP contribution in [0, 0.1) is 0 Å². The number of pyridine rings is 1. The van der Waals surface area contributed by atoms with Gasteiger partial charge in [-0.1, -0.05) is 35.5 Å². The maximum atomic E-state index is 12.7. The molecule has 5 rings (SSSR count). The average molecular weight is 399 g/mol. The van der Waals surface area contributed by atoms with Gasteiger partial charge in [0, 0.05) is 17.6 Å². The number of fused-ring (bicyclic) bond motifs is 2. The highest BCUT2D eigenvalue weighted by Gasteiger charge is 2.23. The number of nitrogens with zero attached hydrogens (tertiary/aromatic N) is 2. The maximum absolute atomic E-state index is 12.7. The zero-order valence-electron chi connectivity index (χ0n) is 16.4. The largest absolute Gasteiger partial charge is 0.486 e. The summed E-state index contributed by atoms with van der Waals surface area (Å²) in [5, 5.41) is 8.01. The highest BCUT2D eigenvalue weighted by atomic mass is 16.5. The third-order valence-electron chi connectivity index (χ3n) is 5.42. The van der Waals surface area contributed by atoms with Crippen LogP contribution in [0.2, 0.25) is 0 Å². The first kappa shape index (κ1) is 18.4. The van der Waals surface area contributed by atoms with Gasteiger partial charge in [0.2, 0.25) is 0 Å². The highest BCUT2D eigenvalue weighted by Crippen LogP contribution is 2.29. The fraction of sp³-hybridized carbons (Fsp3) is 0.208. The zero-order valence-corrected chi connectivity index (χ0v) is 16.4. The molecular weight excluding hydrogens is 378 g/mol. The Morgan fingerprint density at radius 2 is 2.07 bits per heavy atom. The van der Waals surface area contributed by atoms with Gasteiger partial charge >= 0.3 is 0 Å². The molecule has 2 aromatic heterocycles. The minimum atomic E-state index is -0.233. The van der Waals surface area contributed by atoms with Gasteiger partial charge in [0.25, 0.3) is 5.91 Å². The number of ether oxygens (including phenoxy) is 1. The van der Waals surface area contributed by atoms with Crippen molar-refractivity contribution in [1.29, 1.82) is 0 Å². The summed E-state index contributed by atoms with van der Waals surface area (Å²) in [5.74, 6) is 0.968. The van der Waals surface area contributed by atoms with Gasteiger partial charge in [0.05, 0.1) is 11.6 Å². The van der Waals surface area contributed by atoms with E-state index in [1.807, 2.05) is 42.5 Å². The van der Waals surface area contributed by atoms with E-state index in [2.05, 4.69) is 27.6 Å². The summed E-state index contributed by atoms with van der Waals surface area (Å²) < 4.78 is 11.1. The highest BCUT2D eigenvalue weighted by molar-refractivity contribution is 5.92. The number of carbonyl (C=O) groups excluding carboxylic acids is 1. The Morgan fingerprint density at radius 1 is 1.13 bits per heavy atom. The Balaban J connectivity index is 1.23. The first-order valence-electron chi connectivity index (χ1n) is 10.1. The van der Waals surface area contributed by atoms with Crippen LogP contribution >= 0.6 is 0 Å². The number of aryl methyl sites for hydroxylation is 1. The molecule has 0 spiro atoms. The number of nitrogens with one attached hydrogen (secondary N) is 1. The molecule has 0 aliphatic heterocycles. The van der Waals surface area contributed by atoms with E-state index < -0.39 is 0 Å². The first-order chi connectivity index (χ1) is 14.8. The molecule has 150 valence electrons. The summed E-state index contributed by atoms with van der Waals surface area (Å²) in [7, 11) is 0. The molecule has 0 saturated carbocycles. The standard InChI is InChI=1S/C24H21N3O3/c28-24(26-22-9-3-6-16-5-1-2-8-20(16)22)23-14-19(30-27-23)15-29-18-10-11-21-17(13-18)7-4-12-25-21/h1-2,4-5,7-8,10-14,22H,3,6,9,15H2,(H,26,28). The van der Waals surface area contributed by atoms with E-state index >= 15 is 0 Å². The normalized spacial score (nSPS) is 15.5. The van der Waals surface area contributed by atoms with Crippen molar-refractivity contribution in [1.82, 2.24) is 15.5 Å². The molecule has 4 aromatic rings. The molecule has 1 amide bonds. The monoisotopic (exact) mass is 399 g/mol. The molecule has 30 heavy (non-hydrogen) atoms. The van der Waals surface area contributed by atoms with Crippen LogP contribution in [0.3, 0.4) is 0 Å². The van der Waals surface area contributed by atoms with E-state index in [4.69, 9.17) is 9.26 Å². The van der Waals surface area contributed by atoms with E-state index in [0.717, 1.165) is 30.2 Å².